The van der Waals surface area contributed by atoms with Crippen molar-refractivity contribution in [1.82, 2.24) is 0 Å². The van der Waals surface area contributed by atoms with Gasteiger partial charge < -0.3 is 10.5 Å². The van der Waals surface area contributed by atoms with E-state index in [1.807, 2.05) is 19.1 Å². The van der Waals surface area contributed by atoms with Gasteiger partial charge in [-0.1, -0.05) is 13.0 Å². The minimum absolute atomic E-state index is 0.329. The summed E-state index contributed by atoms with van der Waals surface area (Å²) in [6.45, 7) is 4.10. The lowest BCUT2D eigenvalue weighted by Gasteiger charge is -2.11. The summed E-state index contributed by atoms with van der Waals surface area (Å²) >= 11 is 0. The van der Waals surface area contributed by atoms with Gasteiger partial charge in [-0.2, -0.15) is 5.26 Å². The molecular formula is C18H18N2O2. The van der Waals surface area contributed by atoms with Crippen LogP contribution in [0.15, 0.2) is 36.4 Å². The van der Waals surface area contributed by atoms with Crippen molar-refractivity contribution >= 4 is 11.7 Å². The number of nitriles is 1. The molecule has 0 aromatic heterocycles. The molecule has 0 heterocycles. The molecular weight excluding hydrogens is 276 g/mol. The van der Waals surface area contributed by atoms with Crippen molar-refractivity contribution in [2.75, 3.05) is 12.3 Å². The van der Waals surface area contributed by atoms with Crippen molar-refractivity contribution in [3.8, 4) is 17.2 Å². The van der Waals surface area contributed by atoms with Crippen LogP contribution in [0.5, 0.6) is 0 Å². The first-order valence-corrected chi connectivity index (χ1v) is 7.20. The highest BCUT2D eigenvalue weighted by molar-refractivity contribution is 5.93. The molecule has 112 valence electrons. The van der Waals surface area contributed by atoms with E-state index in [9.17, 15) is 4.79 Å². The number of nitrogens with two attached hydrogens (primary N) is 1. The van der Waals surface area contributed by atoms with Gasteiger partial charge in [-0.05, 0) is 54.8 Å². The van der Waals surface area contributed by atoms with Crippen LogP contribution in [0.3, 0.4) is 0 Å². The normalized spacial score (nSPS) is 10.0. The van der Waals surface area contributed by atoms with Crippen LogP contribution in [0.4, 0.5) is 5.69 Å². The van der Waals surface area contributed by atoms with Gasteiger partial charge in [0.2, 0.25) is 0 Å². The molecule has 2 aromatic rings. The molecule has 0 saturated carbocycles. The molecule has 0 aliphatic rings. The summed E-state index contributed by atoms with van der Waals surface area (Å²) in [5.41, 5.74) is 10.4. The molecule has 0 saturated heterocycles. The number of carbonyl (C=O) groups is 1. The lowest BCUT2D eigenvalue weighted by Crippen LogP contribution is -2.05. The van der Waals surface area contributed by atoms with Gasteiger partial charge in [0.15, 0.2) is 0 Å². The SMILES string of the molecule is CCOC(=O)c1ccc(N)c(-c2ccc(C#N)c(CC)c2)c1. The number of hydrogen-bond donors (Lipinski definition) is 1. The Morgan fingerprint density at radius 1 is 1.23 bits per heavy atom. The minimum Gasteiger partial charge on any atom is -0.462 e. The smallest absolute Gasteiger partial charge is 0.338 e. The van der Waals surface area contributed by atoms with E-state index in [4.69, 9.17) is 15.7 Å². The largest absolute Gasteiger partial charge is 0.462 e. The molecule has 4 heteroatoms. The van der Waals surface area contributed by atoms with Crippen LogP contribution in [0.25, 0.3) is 11.1 Å². The van der Waals surface area contributed by atoms with Gasteiger partial charge >= 0.3 is 5.97 Å². The standard InChI is InChI=1S/C18H18N2O2/c1-3-12-9-13(5-6-15(12)11-19)16-10-14(7-8-17(16)20)18(21)22-4-2/h5-10H,3-4,20H2,1-2H3. The van der Waals surface area contributed by atoms with Crippen LogP contribution in [0.1, 0.15) is 35.3 Å². The summed E-state index contributed by atoms with van der Waals surface area (Å²) in [4.78, 5) is 11.9. The Hall–Kier alpha value is -2.80. The van der Waals surface area contributed by atoms with Crippen molar-refractivity contribution in [3.63, 3.8) is 0 Å². The number of benzene rings is 2. The number of aryl methyl sites for hydroxylation is 1. The number of carbonyl (C=O) groups excluding carboxylic acids is 1. The van der Waals surface area contributed by atoms with Crippen molar-refractivity contribution in [1.29, 1.82) is 5.26 Å². The highest BCUT2D eigenvalue weighted by Gasteiger charge is 2.12. The molecule has 0 unspecified atom stereocenters. The fourth-order valence-electron chi connectivity index (χ4n) is 2.31. The van der Waals surface area contributed by atoms with Crippen molar-refractivity contribution in [2.24, 2.45) is 0 Å². The molecule has 0 amide bonds. The number of rotatable bonds is 4. The first kappa shape index (κ1) is 15.6. The highest BCUT2D eigenvalue weighted by atomic mass is 16.5. The van der Waals surface area contributed by atoms with E-state index in [2.05, 4.69) is 6.07 Å². The van der Waals surface area contributed by atoms with E-state index < -0.39 is 0 Å². The van der Waals surface area contributed by atoms with Gasteiger partial charge in [0.25, 0.3) is 0 Å². The highest BCUT2D eigenvalue weighted by Crippen LogP contribution is 2.29. The van der Waals surface area contributed by atoms with E-state index in [-0.39, 0.29) is 5.97 Å². The third kappa shape index (κ3) is 3.09. The number of esters is 1. The van der Waals surface area contributed by atoms with Gasteiger partial charge in [0, 0.05) is 11.3 Å². The second kappa shape index (κ2) is 6.77. The average Bonchev–Trinajstić information content (AvgIpc) is 2.54. The van der Waals surface area contributed by atoms with E-state index in [0.717, 1.165) is 23.1 Å². The lowest BCUT2D eigenvalue weighted by atomic mass is 9.96. The number of nitrogen functional groups attached to an aromatic ring is 1. The van der Waals surface area contributed by atoms with Crippen LogP contribution < -0.4 is 5.73 Å². The number of hydrogen-bond acceptors (Lipinski definition) is 4. The van der Waals surface area contributed by atoms with Crippen molar-refractivity contribution < 1.29 is 9.53 Å². The predicted octanol–water partition coefficient (Wildman–Crippen LogP) is 3.55. The second-order valence-electron chi connectivity index (χ2n) is 4.86. The molecule has 2 aromatic carbocycles. The van der Waals surface area contributed by atoms with Gasteiger partial charge in [-0.15, -0.1) is 0 Å². The summed E-state index contributed by atoms with van der Waals surface area (Å²) in [6.07, 6.45) is 0.758. The zero-order chi connectivity index (χ0) is 16.1. The average molecular weight is 294 g/mol. The maximum absolute atomic E-state index is 11.9. The Labute approximate surface area is 130 Å². The number of ether oxygens (including phenoxy) is 1. The van der Waals surface area contributed by atoms with E-state index >= 15 is 0 Å². The van der Waals surface area contributed by atoms with Gasteiger partial charge in [0.05, 0.1) is 23.8 Å². The molecule has 0 radical (unpaired) electrons. The topological polar surface area (TPSA) is 76.1 Å². The van der Waals surface area contributed by atoms with Crippen LogP contribution in [0.2, 0.25) is 0 Å². The fraction of sp³-hybridized carbons (Fsp3) is 0.222. The predicted molar refractivity (Wildman–Crippen MR) is 86.3 cm³/mol. The first-order valence-electron chi connectivity index (χ1n) is 7.20. The molecule has 0 aliphatic heterocycles. The van der Waals surface area contributed by atoms with E-state index in [0.29, 0.717) is 23.4 Å². The van der Waals surface area contributed by atoms with Gasteiger partial charge in [-0.3, -0.25) is 0 Å². The van der Waals surface area contributed by atoms with Crippen LogP contribution >= 0.6 is 0 Å². The first-order chi connectivity index (χ1) is 10.6. The molecule has 0 bridgehead atoms. The molecule has 0 fully saturated rings. The Kier molecular flexibility index (Phi) is 4.80. The molecule has 2 N–H and O–H groups in total. The minimum atomic E-state index is -0.367. The monoisotopic (exact) mass is 294 g/mol. The number of nitrogens with zero attached hydrogens (tertiary/aromatic N) is 1. The Morgan fingerprint density at radius 2 is 2.00 bits per heavy atom. The van der Waals surface area contributed by atoms with Crippen LogP contribution in [0, 0.1) is 11.3 Å². The molecule has 0 spiro atoms. The Bertz CT molecular complexity index is 745. The molecule has 2 rings (SSSR count). The van der Waals surface area contributed by atoms with Crippen molar-refractivity contribution in [2.45, 2.75) is 20.3 Å². The fourth-order valence-corrected chi connectivity index (χ4v) is 2.31. The maximum atomic E-state index is 11.9. The summed E-state index contributed by atoms with van der Waals surface area (Å²) in [6, 6.07) is 12.8. The molecule has 0 atom stereocenters. The lowest BCUT2D eigenvalue weighted by molar-refractivity contribution is 0.0526. The molecule has 22 heavy (non-hydrogen) atoms. The van der Waals surface area contributed by atoms with Crippen LogP contribution in [-0.2, 0) is 11.2 Å². The Balaban J connectivity index is 2.50. The van der Waals surface area contributed by atoms with E-state index in [1.165, 1.54) is 0 Å². The quantitative estimate of drug-likeness (QED) is 0.691. The summed E-state index contributed by atoms with van der Waals surface area (Å²) < 4.78 is 5.02. The summed E-state index contributed by atoms with van der Waals surface area (Å²) in [5.74, 6) is -0.367. The second-order valence-corrected chi connectivity index (χ2v) is 4.86. The Morgan fingerprint density at radius 3 is 2.64 bits per heavy atom. The number of anilines is 1. The molecule has 4 nitrogen and oxygen atoms in total. The summed E-state index contributed by atoms with van der Waals surface area (Å²) in [5, 5.41) is 9.11. The zero-order valence-corrected chi connectivity index (χ0v) is 12.7. The third-order valence-electron chi connectivity index (χ3n) is 3.48. The summed E-state index contributed by atoms with van der Waals surface area (Å²) in [7, 11) is 0. The van der Waals surface area contributed by atoms with Gasteiger partial charge in [-0.25, -0.2) is 4.79 Å². The zero-order valence-electron chi connectivity index (χ0n) is 12.7. The van der Waals surface area contributed by atoms with Crippen LogP contribution in [-0.4, -0.2) is 12.6 Å². The van der Waals surface area contributed by atoms with Gasteiger partial charge in [0.1, 0.15) is 0 Å². The van der Waals surface area contributed by atoms with E-state index in [1.54, 1.807) is 31.2 Å². The molecule has 0 aliphatic carbocycles. The third-order valence-corrected chi connectivity index (χ3v) is 3.48. The maximum Gasteiger partial charge on any atom is 0.338 e. The van der Waals surface area contributed by atoms with Crippen molar-refractivity contribution in [3.05, 3.63) is 53.1 Å².